The van der Waals surface area contributed by atoms with Gasteiger partial charge in [0.25, 0.3) is 5.91 Å². The predicted octanol–water partition coefficient (Wildman–Crippen LogP) is 3.60. The van der Waals surface area contributed by atoms with Crippen LogP contribution in [0, 0.1) is 0 Å². The molecule has 4 rings (SSSR count). The van der Waals surface area contributed by atoms with Gasteiger partial charge in [-0.15, -0.1) is 0 Å². The molecule has 1 amide bonds. The van der Waals surface area contributed by atoms with Crippen molar-refractivity contribution in [2.45, 2.75) is 43.4 Å². The van der Waals surface area contributed by atoms with Gasteiger partial charge in [0, 0.05) is 18.8 Å². The van der Waals surface area contributed by atoms with Crippen LogP contribution in [0.15, 0.2) is 47.4 Å². The summed E-state index contributed by atoms with van der Waals surface area (Å²) < 4.78 is 27.6. The maximum Gasteiger partial charge on any atom is 0.257 e. The molecule has 1 N–H and O–H groups in total. The Balaban J connectivity index is 1.61. The number of aryl methyl sites for hydroxylation is 2. The summed E-state index contributed by atoms with van der Waals surface area (Å²) in [5.41, 5.74) is 3.51. The quantitative estimate of drug-likeness (QED) is 0.876. The smallest absolute Gasteiger partial charge is 0.257 e. The van der Waals surface area contributed by atoms with Crippen molar-refractivity contribution in [2.75, 3.05) is 18.4 Å². The van der Waals surface area contributed by atoms with E-state index in [0.717, 1.165) is 38.5 Å². The molecule has 2 aromatic carbocycles. The van der Waals surface area contributed by atoms with Crippen molar-refractivity contribution in [3.63, 3.8) is 0 Å². The molecular weight excluding hydrogens is 360 g/mol. The van der Waals surface area contributed by atoms with E-state index in [4.69, 9.17) is 0 Å². The minimum Gasteiger partial charge on any atom is -0.322 e. The number of carbonyl (C=O) groups is 1. The van der Waals surface area contributed by atoms with Crippen LogP contribution in [-0.4, -0.2) is 31.7 Å². The Bertz CT molecular complexity index is 963. The number of anilines is 1. The second-order valence-corrected chi connectivity index (χ2v) is 9.16. The number of rotatable bonds is 4. The molecule has 1 heterocycles. The lowest BCUT2D eigenvalue weighted by atomic mass is 10.1. The summed E-state index contributed by atoms with van der Waals surface area (Å²) in [6, 6.07) is 12.4. The minimum absolute atomic E-state index is 0.0885. The van der Waals surface area contributed by atoms with E-state index in [1.807, 2.05) is 18.2 Å². The molecule has 0 atom stereocenters. The monoisotopic (exact) mass is 384 g/mol. The van der Waals surface area contributed by atoms with E-state index >= 15 is 0 Å². The first-order chi connectivity index (χ1) is 13.1. The van der Waals surface area contributed by atoms with Crippen LogP contribution in [0.5, 0.6) is 0 Å². The molecule has 5 nitrogen and oxygen atoms in total. The van der Waals surface area contributed by atoms with Gasteiger partial charge in [-0.25, -0.2) is 8.42 Å². The molecular formula is C21H24N2O3S. The summed E-state index contributed by atoms with van der Waals surface area (Å²) in [5, 5.41) is 2.88. The number of piperidine rings is 1. The van der Waals surface area contributed by atoms with Gasteiger partial charge in [0.2, 0.25) is 10.0 Å². The average molecular weight is 385 g/mol. The zero-order chi connectivity index (χ0) is 18.9. The van der Waals surface area contributed by atoms with Crippen molar-refractivity contribution in [3.8, 4) is 0 Å². The van der Waals surface area contributed by atoms with Crippen molar-refractivity contribution in [1.29, 1.82) is 0 Å². The maximum atomic E-state index is 13.1. The van der Waals surface area contributed by atoms with Crippen molar-refractivity contribution >= 4 is 21.6 Å². The number of nitrogens with one attached hydrogen (secondary N) is 1. The van der Waals surface area contributed by atoms with Crippen molar-refractivity contribution in [1.82, 2.24) is 4.31 Å². The molecule has 27 heavy (non-hydrogen) atoms. The second kappa shape index (κ2) is 7.44. The van der Waals surface area contributed by atoms with Crippen LogP contribution in [-0.2, 0) is 22.9 Å². The molecule has 142 valence electrons. The number of amides is 1. The zero-order valence-corrected chi connectivity index (χ0v) is 16.1. The Labute approximate surface area is 160 Å². The highest BCUT2D eigenvalue weighted by Gasteiger charge is 2.29. The third-order valence-electron chi connectivity index (χ3n) is 5.42. The van der Waals surface area contributed by atoms with E-state index < -0.39 is 10.0 Å². The number of sulfonamides is 1. The van der Waals surface area contributed by atoms with Gasteiger partial charge in [-0.1, -0.05) is 24.6 Å². The number of hydrogen-bond donors (Lipinski definition) is 1. The molecule has 0 radical (unpaired) electrons. The van der Waals surface area contributed by atoms with Crippen LogP contribution in [0.3, 0.4) is 0 Å². The highest BCUT2D eigenvalue weighted by molar-refractivity contribution is 7.89. The number of benzene rings is 2. The van der Waals surface area contributed by atoms with Crippen molar-refractivity contribution in [2.24, 2.45) is 0 Å². The van der Waals surface area contributed by atoms with Crippen molar-refractivity contribution in [3.05, 3.63) is 59.2 Å². The minimum atomic E-state index is -3.67. The molecule has 0 unspecified atom stereocenters. The van der Waals surface area contributed by atoms with Crippen LogP contribution in [0.2, 0.25) is 0 Å². The maximum absolute atomic E-state index is 13.1. The Hall–Kier alpha value is -2.18. The average Bonchev–Trinajstić information content (AvgIpc) is 3.16. The normalized spacial score (nSPS) is 17.5. The predicted molar refractivity (Wildman–Crippen MR) is 105 cm³/mol. The van der Waals surface area contributed by atoms with Gasteiger partial charge in [-0.2, -0.15) is 4.31 Å². The highest BCUT2D eigenvalue weighted by Crippen LogP contribution is 2.27. The van der Waals surface area contributed by atoms with Crippen LogP contribution >= 0.6 is 0 Å². The summed E-state index contributed by atoms with van der Waals surface area (Å²) in [7, 11) is -3.67. The molecule has 0 spiro atoms. The molecule has 0 aromatic heterocycles. The van der Waals surface area contributed by atoms with Gasteiger partial charge in [-0.3, -0.25) is 4.79 Å². The highest BCUT2D eigenvalue weighted by atomic mass is 32.2. The van der Waals surface area contributed by atoms with E-state index in [1.165, 1.54) is 21.5 Å². The SMILES string of the molecule is O=C(Nc1ccc2c(c1)CCC2)c1ccccc1S(=O)(=O)N1CCCCC1. The molecule has 0 bridgehead atoms. The summed E-state index contributed by atoms with van der Waals surface area (Å²) in [6.45, 7) is 1.03. The van der Waals surface area contributed by atoms with E-state index in [1.54, 1.807) is 18.2 Å². The van der Waals surface area contributed by atoms with Crippen LogP contribution in [0.25, 0.3) is 0 Å². The van der Waals surface area contributed by atoms with Crippen LogP contribution in [0.1, 0.15) is 47.2 Å². The topological polar surface area (TPSA) is 66.5 Å². The van der Waals surface area contributed by atoms with Crippen LogP contribution < -0.4 is 5.32 Å². The van der Waals surface area contributed by atoms with Gasteiger partial charge < -0.3 is 5.32 Å². The molecule has 6 heteroatoms. The summed E-state index contributed by atoms with van der Waals surface area (Å²) in [5.74, 6) is -0.385. The van der Waals surface area contributed by atoms with Gasteiger partial charge >= 0.3 is 0 Å². The summed E-state index contributed by atoms with van der Waals surface area (Å²) in [6.07, 6.45) is 6.03. The number of nitrogens with zero attached hydrogens (tertiary/aromatic N) is 1. The molecule has 1 fully saturated rings. The Morgan fingerprint density at radius 1 is 0.889 bits per heavy atom. The lowest BCUT2D eigenvalue weighted by Gasteiger charge is -2.26. The Kier molecular flexibility index (Phi) is 5.02. The third-order valence-corrected chi connectivity index (χ3v) is 7.38. The number of fused-ring (bicyclic) bond motifs is 1. The van der Waals surface area contributed by atoms with Gasteiger partial charge in [0.05, 0.1) is 10.5 Å². The number of carbonyl (C=O) groups excluding carboxylic acids is 1. The van der Waals surface area contributed by atoms with E-state index in [9.17, 15) is 13.2 Å². The molecule has 1 saturated heterocycles. The standard InChI is InChI=1S/C21H24N2O3S/c24-21(22-18-12-11-16-7-6-8-17(16)15-18)19-9-2-3-10-20(19)27(25,26)23-13-4-1-5-14-23/h2-3,9-12,15H,1,4-8,13-14H2,(H,22,24). The van der Waals surface area contributed by atoms with Gasteiger partial charge in [-0.05, 0) is 67.5 Å². The van der Waals surface area contributed by atoms with E-state index in [2.05, 4.69) is 5.32 Å². The van der Waals surface area contributed by atoms with Crippen molar-refractivity contribution < 1.29 is 13.2 Å². The first-order valence-electron chi connectivity index (χ1n) is 9.58. The van der Waals surface area contributed by atoms with Gasteiger partial charge in [0.15, 0.2) is 0 Å². The first kappa shape index (κ1) is 18.2. The first-order valence-corrected chi connectivity index (χ1v) is 11.0. The second-order valence-electron chi connectivity index (χ2n) is 7.25. The zero-order valence-electron chi connectivity index (χ0n) is 15.3. The molecule has 1 aliphatic heterocycles. The molecule has 2 aliphatic rings. The lowest BCUT2D eigenvalue weighted by molar-refractivity contribution is 0.102. The fraction of sp³-hybridized carbons (Fsp3) is 0.381. The fourth-order valence-corrected chi connectivity index (χ4v) is 5.68. The molecule has 0 saturated carbocycles. The molecule has 1 aliphatic carbocycles. The largest absolute Gasteiger partial charge is 0.322 e. The third kappa shape index (κ3) is 3.64. The van der Waals surface area contributed by atoms with Gasteiger partial charge in [0.1, 0.15) is 0 Å². The number of hydrogen-bond acceptors (Lipinski definition) is 3. The summed E-state index contributed by atoms with van der Waals surface area (Å²) >= 11 is 0. The fourth-order valence-electron chi connectivity index (χ4n) is 3.97. The van der Waals surface area contributed by atoms with Crippen LogP contribution in [0.4, 0.5) is 5.69 Å². The molecule has 2 aromatic rings. The summed E-state index contributed by atoms with van der Waals surface area (Å²) in [4.78, 5) is 13.0. The van der Waals surface area contributed by atoms with E-state index in [-0.39, 0.29) is 16.4 Å². The Morgan fingerprint density at radius 3 is 2.44 bits per heavy atom. The Morgan fingerprint density at radius 2 is 1.63 bits per heavy atom. The lowest BCUT2D eigenvalue weighted by Crippen LogP contribution is -2.36. The van der Waals surface area contributed by atoms with E-state index in [0.29, 0.717) is 18.8 Å².